The van der Waals surface area contributed by atoms with E-state index in [1.165, 1.54) is 0 Å². The fourth-order valence-corrected chi connectivity index (χ4v) is 4.25. The van der Waals surface area contributed by atoms with E-state index in [4.69, 9.17) is 46.4 Å². The van der Waals surface area contributed by atoms with Gasteiger partial charge in [-0.2, -0.15) is 0 Å². The normalized spacial score (nSPS) is 20.1. The van der Waals surface area contributed by atoms with Crippen molar-refractivity contribution in [3.8, 4) is 0 Å². The third kappa shape index (κ3) is 3.60. The van der Waals surface area contributed by atoms with Crippen molar-refractivity contribution in [1.29, 1.82) is 0 Å². The summed E-state index contributed by atoms with van der Waals surface area (Å²) in [5, 5.41) is 12.3. The Kier molecular flexibility index (Phi) is 5.07. The predicted molar refractivity (Wildman–Crippen MR) is 94.6 cm³/mol. The molecule has 1 N–H and O–H groups in total. The number of hydrogen-bond acceptors (Lipinski definition) is 3. The van der Waals surface area contributed by atoms with E-state index in [-0.39, 0.29) is 6.04 Å². The maximum atomic E-state index is 10.5. The average molecular weight is 392 g/mol. The SMILES string of the molecule is CN(Cc1cc(Cl)nc(Cl)c1)[C@@H]1c2cc(Cl)cc(Cl)c2C[C@@H]1O. The lowest BCUT2D eigenvalue weighted by atomic mass is 10.1. The van der Waals surface area contributed by atoms with Crippen molar-refractivity contribution < 1.29 is 5.11 Å². The zero-order valence-electron chi connectivity index (χ0n) is 12.2. The quantitative estimate of drug-likeness (QED) is 0.764. The third-order valence-electron chi connectivity index (χ3n) is 4.02. The summed E-state index contributed by atoms with van der Waals surface area (Å²) < 4.78 is 0. The molecule has 2 atom stereocenters. The van der Waals surface area contributed by atoms with Gasteiger partial charge in [0.1, 0.15) is 10.3 Å². The minimum absolute atomic E-state index is 0.188. The Morgan fingerprint density at radius 1 is 1.13 bits per heavy atom. The number of aromatic nitrogens is 1. The van der Waals surface area contributed by atoms with E-state index in [1.807, 2.05) is 18.0 Å². The molecule has 0 bridgehead atoms. The second-order valence-electron chi connectivity index (χ2n) is 5.71. The van der Waals surface area contributed by atoms with E-state index < -0.39 is 6.10 Å². The molecule has 0 saturated carbocycles. The van der Waals surface area contributed by atoms with Crippen LogP contribution in [0.2, 0.25) is 20.4 Å². The van der Waals surface area contributed by atoms with Crippen LogP contribution in [-0.4, -0.2) is 28.1 Å². The van der Waals surface area contributed by atoms with E-state index in [9.17, 15) is 5.11 Å². The summed E-state index contributed by atoms with van der Waals surface area (Å²) in [4.78, 5) is 5.97. The largest absolute Gasteiger partial charge is 0.391 e. The Morgan fingerprint density at radius 2 is 1.78 bits per heavy atom. The molecular weight excluding hydrogens is 378 g/mol. The summed E-state index contributed by atoms with van der Waals surface area (Å²) in [6.45, 7) is 0.563. The molecule has 122 valence electrons. The van der Waals surface area contributed by atoms with Gasteiger partial charge in [0.2, 0.25) is 0 Å². The Balaban J connectivity index is 1.90. The minimum Gasteiger partial charge on any atom is -0.391 e. The van der Waals surface area contributed by atoms with Gasteiger partial charge in [0.25, 0.3) is 0 Å². The molecule has 0 unspecified atom stereocenters. The molecule has 0 radical (unpaired) electrons. The van der Waals surface area contributed by atoms with Gasteiger partial charge in [-0.3, -0.25) is 4.90 Å². The van der Waals surface area contributed by atoms with E-state index in [1.54, 1.807) is 18.2 Å². The van der Waals surface area contributed by atoms with Crippen molar-refractivity contribution >= 4 is 46.4 Å². The van der Waals surface area contributed by atoms with Gasteiger partial charge in [-0.1, -0.05) is 46.4 Å². The van der Waals surface area contributed by atoms with Gasteiger partial charge in [-0.15, -0.1) is 0 Å². The van der Waals surface area contributed by atoms with Crippen LogP contribution in [0.25, 0.3) is 0 Å². The highest BCUT2D eigenvalue weighted by molar-refractivity contribution is 6.35. The first-order valence-electron chi connectivity index (χ1n) is 7.03. The number of rotatable bonds is 3. The number of fused-ring (bicyclic) bond motifs is 1. The summed E-state index contributed by atoms with van der Waals surface area (Å²) in [7, 11) is 1.93. The Morgan fingerprint density at radius 3 is 2.43 bits per heavy atom. The number of aliphatic hydroxyl groups is 1. The van der Waals surface area contributed by atoms with Gasteiger partial charge in [0.05, 0.1) is 12.1 Å². The lowest BCUT2D eigenvalue weighted by molar-refractivity contribution is 0.0725. The Labute approximate surface area is 154 Å². The summed E-state index contributed by atoms with van der Waals surface area (Å²) >= 11 is 24.3. The van der Waals surface area contributed by atoms with E-state index in [2.05, 4.69) is 4.98 Å². The maximum absolute atomic E-state index is 10.5. The molecule has 0 fully saturated rings. The standard InChI is InChI=1S/C16H14Cl4N2O/c1-22(7-8-2-14(19)21-15(20)3-8)16-11-4-9(17)5-12(18)10(11)6-13(16)23/h2-5,13,16,23H,6-7H2,1H3/t13-,16+/m0/s1. The lowest BCUT2D eigenvalue weighted by Gasteiger charge is -2.28. The first-order valence-corrected chi connectivity index (χ1v) is 8.54. The van der Waals surface area contributed by atoms with Crippen LogP contribution in [0, 0.1) is 0 Å². The van der Waals surface area contributed by atoms with Crippen LogP contribution in [0.5, 0.6) is 0 Å². The smallest absolute Gasteiger partial charge is 0.131 e. The molecule has 3 rings (SSSR count). The molecule has 2 aromatic rings. The van der Waals surface area contributed by atoms with Gasteiger partial charge >= 0.3 is 0 Å². The zero-order chi connectivity index (χ0) is 16.7. The molecule has 1 aliphatic rings. The van der Waals surface area contributed by atoms with Crippen molar-refractivity contribution in [2.75, 3.05) is 7.05 Å². The van der Waals surface area contributed by atoms with Crippen LogP contribution in [0.1, 0.15) is 22.7 Å². The first kappa shape index (κ1) is 17.3. The summed E-state index contributed by atoms with van der Waals surface area (Å²) in [6, 6.07) is 6.91. The van der Waals surface area contributed by atoms with Crippen molar-refractivity contribution in [1.82, 2.24) is 9.88 Å². The second kappa shape index (κ2) is 6.75. The van der Waals surface area contributed by atoms with E-state index >= 15 is 0 Å². The number of likely N-dealkylation sites (N-methyl/N-ethyl adjacent to an activating group) is 1. The first-order chi connectivity index (χ1) is 10.8. The fraction of sp³-hybridized carbons (Fsp3) is 0.312. The number of pyridine rings is 1. The molecule has 1 aromatic carbocycles. The van der Waals surface area contributed by atoms with Crippen LogP contribution >= 0.6 is 46.4 Å². The predicted octanol–water partition coefficient (Wildman–Crippen LogP) is 4.79. The fourth-order valence-electron chi connectivity index (χ4n) is 3.15. The number of nitrogens with zero attached hydrogens (tertiary/aromatic N) is 2. The maximum Gasteiger partial charge on any atom is 0.131 e. The second-order valence-corrected chi connectivity index (χ2v) is 7.33. The highest BCUT2D eigenvalue weighted by Gasteiger charge is 2.35. The molecule has 7 heteroatoms. The molecule has 23 heavy (non-hydrogen) atoms. The molecule has 0 amide bonds. The summed E-state index contributed by atoms with van der Waals surface area (Å²) in [5.41, 5.74) is 2.83. The number of halogens is 4. The van der Waals surface area contributed by atoms with Gasteiger partial charge in [0.15, 0.2) is 0 Å². The van der Waals surface area contributed by atoms with Crippen LogP contribution in [0.4, 0.5) is 0 Å². The molecular formula is C16H14Cl4N2O. The number of hydrogen-bond donors (Lipinski definition) is 1. The number of benzene rings is 1. The topological polar surface area (TPSA) is 36.4 Å². The van der Waals surface area contributed by atoms with Gasteiger partial charge < -0.3 is 5.11 Å². The molecule has 3 nitrogen and oxygen atoms in total. The van der Waals surface area contributed by atoms with Crippen LogP contribution in [0.3, 0.4) is 0 Å². The molecule has 1 aromatic heterocycles. The molecule has 0 spiro atoms. The number of aliphatic hydroxyl groups excluding tert-OH is 1. The summed E-state index contributed by atoms with van der Waals surface area (Å²) in [5.74, 6) is 0. The van der Waals surface area contributed by atoms with Crippen LogP contribution in [0.15, 0.2) is 24.3 Å². The van der Waals surface area contributed by atoms with Crippen molar-refractivity contribution in [3.05, 3.63) is 61.3 Å². The van der Waals surface area contributed by atoms with Crippen molar-refractivity contribution in [2.24, 2.45) is 0 Å². The van der Waals surface area contributed by atoms with Crippen LogP contribution in [-0.2, 0) is 13.0 Å². The Hall–Kier alpha value is -0.550. The lowest BCUT2D eigenvalue weighted by Crippen LogP contribution is -2.30. The monoisotopic (exact) mass is 390 g/mol. The molecule has 1 heterocycles. The van der Waals surface area contributed by atoms with Crippen molar-refractivity contribution in [2.45, 2.75) is 25.1 Å². The molecule has 1 aliphatic carbocycles. The third-order valence-corrected chi connectivity index (χ3v) is 4.96. The highest BCUT2D eigenvalue weighted by atomic mass is 35.5. The van der Waals surface area contributed by atoms with Gasteiger partial charge in [-0.05, 0) is 48.0 Å². The molecule has 0 saturated heterocycles. The highest BCUT2D eigenvalue weighted by Crippen LogP contribution is 2.41. The average Bonchev–Trinajstić information content (AvgIpc) is 2.74. The van der Waals surface area contributed by atoms with Crippen LogP contribution < -0.4 is 0 Å². The van der Waals surface area contributed by atoms with Gasteiger partial charge in [-0.25, -0.2) is 4.98 Å². The Bertz CT molecular complexity index is 733. The molecule has 0 aliphatic heterocycles. The van der Waals surface area contributed by atoms with Gasteiger partial charge in [0, 0.05) is 23.0 Å². The van der Waals surface area contributed by atoms with E-state index in [0.29, 0.717) is 33.3 Å². The zero-order valence-corrected chi connectivity index (χ0v) is 15.3. The van der Waals surface area contributed by atoms with Crippen molar-refractivity contribution in [3.63, 3.8) is 0 Å². The summed E-state index contributed by atoms with van der Waals surface area (Å²) in [6.07, 6.45) is -0.0307. The van der Waals surface area contributed by atoms with E-state index in [0.717, 1.165) is 16.7 Å². The minimum atomic E-state index is -0.543.